The number of rotatable bonds is 3. The van der Waals surface area contributed by atoms with Crippen molar-refractivity contribution >= 4 is 11.4 Å². The average Bonchev–Trinajstić information content (AvgIpc) is 2.82. The van der Waals surface area contributed by atoms with Crippen LogP contribution in [0, 0.1) is 41.5 Å². The molecule has 0 fully saturated rings. The number of hydrogen-bond donors (Lipinski definition) is 1. The van der Waals surface area contributed by atoms with E-state index in [1.54, 1.807) is 0 Å². The molecule has 0 amide bonds. The predicted octanol–water partition coefficient (Wildman–Crippen LogP) is 5.05. The van der Waals surface area contributed by atoms with E-state index in [-0.39, 0.29) is 6.61 Å². The van der Waals surface area contributed by atoms with Crippen molar-refractivity contribution in [2.75, 3.05) is 23.1 Å². The van der Waals surface area contributed by atoms with Gasteiger partial charge in [0.05, 0.1) is 19.0 Å². The molecule has 0 unspecified atom stereocenters. The van der Waals surface area contributed by atoms with Gasteiger partial charge in [0.1, 0.15) is 0 Å². The Labute approximate surface area is 157 Å². The van der Waals surface area contributed by atoms with Crippen molar-refractivity contribution in [3.05, 3.63) is 69.0 Å². The highest BCUT2D eigenvalue weighted by Crippen LogP contribution is 2.39. The van der Waals surface area contributed by atoms with Crippen molar-refractivity contribution in [2.24, 2.45) is 0 Å². The lowest BCUT2D eigenvalue weighted by atomic mass is 10.0. The Hall–Kier alpha value is -2.26. The van der Waals surface area contributed by atoms with Gasteiger partial charge in [-0.3, -0.25) is 0 Å². The second kappa shape index (κ2) is 6.81. The third-order valence-corrected chi connectivity index (χ3v) is 5.39. The highest BCUT2D eigenvalue weighted by molar-refractivity contribution is 5.72. The van der Waals surface area contributed by atoms with Crippen LogP contribution in [0.25, 0.3) is 0 Å². The smallest absolute Gasteiger partial charge is 0.0996 e. The molecular formula is C23H30N2O. The van der Waals surface area contributed by atoms with Gasteiger partial charge in [0, 0.05) is 17.1 Å². The van der Waals surface area contributed by atoms with Crippen molar-refractivity contribution in [3.63, 3.8) is 0 Å². The summed E-state index contributed by atoms with van der Waals surface area (Å²) < 4.78 is 0. The molecule has 26 heavy (non-hydrogen) atoms. The molecule has 2 aromatic carbocycles. The summed E-state index contributed by atoms with van der Waals surface area (Å²) in [5, 5.41) is 10.1. The lowest BCUT2D eigenvalue weighted by Crippen LogP contribution is -2.30. The van der Waals surface area contributed by atoms with Crippen LogP contribution in [0.5, 0.6) is 0 Å². The van der Waals surface area contributed by atoms with Crippen LogP contribution in [-0.2, 0) is 0 Å². The molecule has 0 saturated carbocycles. The number of allylic oxidation sites excluding steroid dienone is 1. The number of nitrogens with zero attached hydrogens (tertiary/aromatic N) is 2. The Morgan fingerprint density at radius 3 is 1.46 bits per heavy atom. The van der Waals surface area contributed by atoms with Gasteiger partial charge >= 0.3 is 0 Å². The van der Waals surface area contributed by atoms with Crippen molar-refractivity contribution in [1.29, 1.82) is 0 Å². The van der Waals surface area contributed by atoms with Gasteiger partial charge < -0.3 is 14.9 Å². The molecule has 0 aliphatic carbocycles. The molecule has 1 N–H and O–H groups in total. The maximum Gasteiger partial charge on any atom is 0.0996 e. The molecule has 138 valence electrons. The predicted molar refractivity (Wildman–Crippen MR) is 111 cm³/mol. The molecule has 1 heterocycles. The van der Waals surface area contributed by atoms with E-state index in [9.17, 15) is 5.11 Å². The maximum absolute atomic E-state index is 10.1. The van der Waals surface area contributed by atoms with Gasteiger partial charge in [-0.25, -0.2) is 0 Å². The first kappa shape index (κ1) is 18.5. The largest absolute Gasteiger partial charge is 0.390 e. The fourth-order valence-electron chi connectivity index (χ4n) is 4.52. The average molecular weight is 351 g/mol. The van der Waals surface area contributed by atoms with E-state index in [1.807, 2.05) is 0 Å². The molecule has 0 aromatic heterocycles. The van der Waals surface area contributed by atoms with E-state index >= 15 is 0 Å². The molecular weight excluding hydrogens is 320 g/mol. The minimum absolute atomic E-state index is 0.0407. The fourth-order valence-corrected chi connectivity index (χ4v) is 4.52. The number of anilines is 2. The Balaban J connectivity index is 2.12. The minimum Gasteiger partial charge on any atom is -0.390 e. The van der Waals surface area contributed by atoms with E-state index in [4.69, 9.17) is 0 Å². The Morgan fingerprint density at radius 1 is 0.692 bits per heavy atom. The van der Waals surface area contributed by atoms with Crippen LogP contribution in [0.2, 0.25) is 0 Å². The lowest BCUT2D eigenvalue weighted by Gasteiger charge is -2.29. The van der Waals surface area contributed by atoms with Crippen molar-refractivity contribution in [2.45, 2.75) is 48.5 Å². The summed E-state index contributed by atoms with van der Waals surface area (Å²) >= 11 is 0. The standard InChI is InChI=1S/C23H30N2O/c1-14-8-16(3)22(17(4)9-14)24-13-25(21(12-26)20(24)7)23-18(5)10-15(2)11-19(23)6/h8-11,26H,12-13H2,1-7H3. The number of aliphatic hydroxyl groups excluding tert-OH is 1. The van der Waals surface area contributed by atoms with Crippen LogP contribution in [-0.4, -0.2) is 18.4 Å². The number of benzene rings is 2. The van der Waals surface area contributed by atoms with Crippen molar-refractivity contribution in [1.82, 2.24) is 0 Å². The van der Waals surface area contributed by atoms with Crippen LogP contribution in [0.1, 0.15) is 40.3 Å². The monoisotopic (exact) mass is 350 g/mol. The molecule has 0 spiro atoms. The van der Waals surface area contributed by atoms with Gasteiger partial charge in [-0.15, -0.1) is 0 Å². The molecule has 0 atom stereocenters. The molecule has 0 bridgehead atoms. The van der Waals surface area contributed by atoms with Crippen LogP contribution >= 0.6 is 0 Å². The quantitative estimate of drug-likeness (QED) is 0.839. The molecule has 2 aromatic rings. The number of aryl methyl sites for hydroxylation is 6. The third-order valence-electron chi connectivity index (χ3n) is 5.39. The van der Waals surface area contributed by atoms with Gasteiger partial charge in [0.2, 0.25) is 0 Å². The van der Waals surface area contributed by atoms with E-state index in [0.717, 1.165) is 18.1 Å². The van der Waals surface area contributed by atoms with E-state index in [0.29, 0.717) is 0 Å². The topological polar surface area (TPSA) is 26.7 Å². The summed E-state index contributed by atoms with van der Waals surface area (Å²) in [6.07, 6.45) is 0. The second-order valence-electron chi connectivity index (χ2n) is 7.68. The van der Waals surface area contributed by atoms with Crippen LogP contribution in [0.4, 0.5) is 11.4 Å². The zero-order valence-corrected chi connectivity index (χ0v) is 17.1. The SMILES string of the molecule is CC1=C(CO)N(c2c(C)cc(C)cc2C)CN1c1c(C)cc(C)cc1C. The second-order valence-corrected chi connectivity index (χ2v) is 7.68. The van der Waals surface area contributed by atoms with Gasteiger partial charge in [-0.2, -0.15) is 0 Å². The van der Waals surface area contributed by atoms with Gasteiger partial charge in [0.15, 0.2) is 0 Å². The van der Waals surface area contributed by atoms with Gasteiger partial charge in [0.25, 0.3) is 0 Å². The molecule has 1 aliphatic rings. The van der Waals surface area contributed by atoms with E-state index in [2.05, 4.69) is 82.5 Å². The minimum atomic E-state index is 0.0407. The van der Waals surface area contributed by atoms with Crippen molar-refractivity contribution < 1.29 is 5.11 Å². The van der Waals surface area contributed by atoms with Crippen LogP contribution in [0.3, 0.4) is 0 Å². The Kier molecular flexibility index (Phi) is 4.85. The summed E-state index contributed by atoms with van der Waals surface area (Å²) in [5.41, 5.74) is 12.2. The van der Waals surface area contributed by atoms with Crippen molar-refractivity contribution in [3.8, 4) is 0 Å². The van der Waals surface area contributed by atoms with Gasteiger partial charge in [-0.1, -0.05) is 35.4 Å². The summed E-state index contributed by atoms with van der Waals surface area (Å²) in [5.74, 6) is 0. The molecule has 3 nitrogen and oxygen atoms in total. The Bertz CT molecular complexity index is 849. The van der Waals surface area contributed by atoms with E-state index in [1.165, 1.54) is 44.8 Å². The van der Waals surface area contributed by atoms with Gasteiger partial charge in [-0.05, 0) is 70.7 Å². The zero-order chi connectivity index (χ0) is 19.2. The molecule has 1 aliphatic heterocycles. The summed E-state index contributed by atoms with van der Waals surface area (Å²) in [7, 11) is 0. The molecule has 3 rings (SSSR count). The van der Waals surface area contributed by atoms with Crippen LogP contribution in [0.15, 0.2) is 35.7 Å². The summed E-state index contributed by atoms with van der Waals surface area (Å²) in [6.45, 7) is 15.8. The first-order chi connectivity index (χ1) is 12.2. The fraction of sp³-hybridized carbons (Fsp3) is 0.391. The maximum atomic E-state index is 10.1. The summed E-state index contributed by atoms with van der Waals surface area (Å²) in [4.78, 5) is 4.62. The zero-order valence-electron chi connectivity index (χ0n) is 17.1. The normalized spacial score (nSPS) is 14.6. The van der Waals surface area contributed by atoms with E-state index < -0.39 is 0 Å². The first-order valence-corrected chi connectivity index (χ1v) is 9.26. The summed E-state index contributed by atoms with van der Waals surface area (Å²) in [6, 6.07) is 8.91. The highest BCUT2D eigenvalue weighted by Gasteiger charge is 2.31. The molecule has 0 saturated heterocycles. The third kappa shape index (κ3) is 3.01. The highest BCUT2D eigenvalue weighted by atomic mass is 16.3. The number of hydrogen-bond acceptors (Lipinski definition) is 3. The molecule has 0 radical (unpaired) electrons. The molecule has 3 heteroatoms. The van der Waals surface area contributed by atoms with Crippen LogP contribution < -0.4 is 9.80 Å². The number of aliphatic hydroxyl groups is 1. The first-order valence-electron chi connectivity index (χ1n) is 9.26. The Morgan fingerprint density at radius 2 is 1.08 bits per heavy atom. The lowest BCUT2D eigenvalue weighted by molar-refractivity contribution is 0.328.